The Morgan fingerprint density at radius 3 is 2.71 bits per heavy atom. The first-order valence-corrected chi connectivity index (χ1v) is 10.4. The van der Waals surface area contributed by atoms with Crippen LogP contribution in [0.1, 0.15) is 48.7 Å². The van der Waals surface area contributed by atoms with Gasteiger partial charge in [0.05, 0.1) is 24.9 Å². The molecule has 1 aromatic carbocycles. The summed E-state index contributed by atoms with van der Waals surface area (Å²) in [5, 5.41) is 6.50. The highest BCUT2D eigenvalue weighted by Crippen LogP contribution is 2.21. The first-order chi connectivity index (χ1) is 13.4. The molecular formula is C21H32N4O2S. The molecule has 0 aliphatic carbocycles. The number of rotatable bonds is 9. The molecular weight excluding hydrogens is 372 g/mol. The molecule has 7 heteroatoms. The Balaban J connectivity index is 1.91. The van der Waals surface area contributed by atoms with Crippen molar-refractivity contribution in [2.75, 3.05) is 21.2 Å². The summed E-state index contributed by atoms with van der Waals surface area (Å²) < 4.78 is 11.0. The van der Waals surface area contributed by atoms with Crippen LogP contribution in [0.3, 0.4) is 0 Å². The number of aromatic nitrogens is 1. The van der Waals surface area contributed by atoms with Crippen LogP contribution in [0.5, 0.6) is 0 Å². The molecule has 2 rings (SSSR count). The normalized spacial score (nSPS) is 13.0. The van der Waals surface area contributed by atoms with E-state index >= 15 is 0 Å². The van der Waals surface area contributed by atoms with Crippen molar-refractivity contribution in [2.24, 2.45) is 4.99 Å². The molecule has 0 spiro atoms. The van der Waals surface area contributed by atoms with Gasteiger partial charge in [-0.05, 0) is 31.9 Å². The molecule has 6 nitrogen and oxygen atoms in total. The Labute approximate surface area is 172 Å². The van der Waals surface area contributed by atoms with Gasteiger partial charge >= 0.3 is 0 Å². The minimum atomic E-state index is 0.0217. The van der Waals surface area contributed by atoms with E-state index in [1.54, 1.807) is 25.5 Å². The third-order valence-corrected chi connectivity index (χ3v) is 5.32. The van der Waals surface area contributed by atoms with Crippen LogP contribution in [0.4, 0.5) is 0 Å². The van der Waals surface area contributed by atoms with Crippen molar-refractivity contribution in [3.63, 3.8) is 0 Å². The lowest BCUT2D eigenvalue weighted by atomic mass is 10.1. The van der Waals surface area contributed by atoms with Crippen LogP contribution in [0.25, 0.3) is 0 Å². The molecule has 1 aromatic heterocycles. The maximum Gasteiger partial charge on any atom is 0.194 e. The van der Waals surface area contributed by atoms with E-state index in [0.717, 1.165) is 16.7 Å². The lowest BCUT2D eigenvalue weighted by molar-refractivity contribution is 0.0657. The van der Waals surface area contributed by atoms with E-state index in [0.29, 0.717) is 19.7 Å². The summed E-state index contributed by atoms with van der Waals surface area (Å²) >= 11 is 1.63. The molecule has 0 aliphatic rings. The zero-order chi connectivity index (χ0) is 20.5. The lowest BCUT2D eigenvalue weighted by Crippen LogP contribution is -2.38. The molecule has 0 fully saturated rings. The van der Waals surface area contributed by atoms with Gasteiger partial charge < -0.3 is 19.7 Å². The van der Waals surface area contributed by atoms with Gasteiger partial charge in [0.15, 0.2) is 5.96 Å². The summed E-state index contributed by atoms with van der Waals surface area (Å²) in [5.41, 5.74) is 3.39. The van der Waals surface area contributed by atoms with E-state index in [1.807, 2.05) is 27.8 Å². The highest BCUT2D eigenvalue weighted by molar-refractivity contribution is 7.09. The summed E-state index contributed by atoms with van der Waals surface area (Å²) in [5.74, 6) is 0.832. The molecule has 0 aliphatic heterocycles. The number of nitrogens with zero attached hydrogens (tertiary/aromatic N) is 3. The third-order valence-electron chi connectivity index (χ3n) is 4.27. The van der Waals surface area contributed by atoms with Crippen LogP contribution in [0.15, 0.2) is 34.6 Å². The molecule has 1 unspecified atom stereocenters. The third kappa shape index (κ3) is 6.89. The van der Waals surface area contributed by atoms with E-state index in [-0.39, 0.29) is 12.2 Å². The van der Waals surface area contributed by atoms with Crippen molar-refractivity contribution in [3.8, 4) is 0 Å². The van der Waals surface area contributed by atoms with Crippen LogP contribution >= 0.6 is 11.3 Å². The molecule has 0 radical (unpaired) electrons. The predicted molar refractivity (Wildman–Crippen MR) is 116 cm³/mol. The first kappa shape index (κ1) is 22.3. The van der Waals surface area contributed by atoms with Crippen LogP contribution in [-0.4, -0.2) is 43.2 Å². The molecule has 0 bridgehead atoms. The van der Waals surface area contributed by atoms with E-state index in [9.17, 15) is 0 Å². The van der Waals surface area contributed by atoms with Gasteiger partial charge in [-0.15, -0.1) is 11.3 Å². The summed E-state index contributed by atoms with van der Waals surface area (Å²) in [6, 6.07) is 8.43. The van der Waals surface area contributed by atoms with Gasteiger partial charge in [-0.2, -0.15) is 0 Å². The smallest absolute Gasteiger partial charge is 0.194 e. The monoisotopic (exact) mass is 404 g/mol. The SMILES string of the molecule is CN=C(NCc1cccc(COC(C)C)c1)N(C)Cc1csc(C(C)OC)n1. The predicted octanol–water partition coefficient (Wildman–Crippen LogP) is 3.98. The number of methoxy groups -OCH3 is 1. The molecule has 0 saturated carbocycles. The minimum Gasteiger partial charge on any atom is -0.375 e. The van der Waals surface area contributed by atoms with Gasteiger partial charge in [-0.25, -0.2) is 4.98 Å². The Bertz CT molecular complexity index is 760. The summed E-state index contributed by atoms with van der Waals surface area (Å²) in [6.45, 7) is 8.13. The fourth-order valence-electron chi connectivity index (χ4n) is 2.66. The van der Waals surface area contributed by atoms with Crippen LogP contribution in [0.2, 0.25) is 0 Å². The number of nitrogens with one attached hydrogen (secondary N) is 1. The highest BCUT2D eigenvalue weighted by atomic mass is 32.1. The number of benzene rings is 1. The van der Waals surface area contributed by atoms with Crippen LogP contribution in [0, 0.1) is 0 Å². The topological polar surface area (TPSA) is 59.0 Å². The summed E-state index contributed by atoms with van der Waals surface area (Å²) in [6.07, 6.45) is 0.251. The zero-order valence-electron chi connectivity index (χ0n) is 17.7. The standard InChI is InChI=1S/C21H32N4O2S/c1-15(2)27-13-18-9-7-8-17(10-18)11-23-21(22-4)25(5)12-19-14-28-20(24-19)16(3)26-6/h7-10,14-16H,11-13H2,1-6H3,(H,22,23). The second-order valence-electron chi connectivity index (χ2n) is 6.99. The van der Waals surface area contributed by atoms with Crippen molar-refractivity contribution in [2.45, 2.75) is 52.7 Å². The fraction of sp³-hybridized carbons (Fsp3) is 0.524. The van der Waals surface area contributed by atoms with Crippen molar-refractivity contribution in [1.82, 2.24) is 15.2 Å². The van der Waals surface area contributed by atoms with Crippen molar-refractivity contribution in [1.29, 1.82) is 0 Å². The second-order valence-corrected chi connectivity index (χ2v) is 7.88. The maximum atomic E-state index is 5.69. The van der Waals surface area contributed by atoms with Gasteiger partial charge in [0.25, 0.3) is 0 Å². The van der Waals surface area contributed by atoms with Crippen molar-refractivity contribution >= 4 is 17.3 Å². The number of hydrogen-bond donors (Lipinski definition) is 1. The summed E-state index contributed by atoms with van der Waals surface area (Å²) in [7, 11) is 5.51. The summed E-state index contributed by atoms with van der Waals surface area (Å²) in [4.78, 5) is 11.1. The van der Waals surface area contributed by atoms with Crippen LogP contribution in [-0.2, 0) is 29.2 Å². The number of thiazole rings is 1. The Hall–Kier alpha value is -1.96. The van der Waals surface area contributed by atoms with Gasteiger partial charge in [0.1, 0.15) is 11.1 Å². The average molecular weight is 405 g/mol. The molecule has 0 saturated heterocycles. The molecule has 1 N–H and O–H groups in total. The molecule has 1 atom stereocenters. The Morgan fingerprint density at radius 2 is 2.04 bits per heavy atom. The number of hydrogen-bond acceptors (Lipinski definition) is 5. The number of aliphatic imine (C=N–C) groups is 1. The van der Waals surface area contributed by atoms with Gasteiger partial charge in [0.2, 0.25) is 0 Å². The molecule has 2 aromatic rings. The first-order valence-electron chi connectivity index (χ1n) is 9.51. The maximum absolute atomic E-state index is 5.69. The average Bonchev–Trinajstić information content (AvgIpc) is 3.15. The van der Waals surface area contributed by atoms with Crippen molar-refractivity contribution in [3.05, 3.63) is 51.5 Å². The second kappa shape index (κ2) is 11.1. The van der Waals surface area contributed by atoms with E-state index in [2.05, 4.69) is 49.8 Å². The van der Waals surface area contributed by atoms with Crippen LogP contribution < -0.4 is 5.32 Å². The lowest BCUT2D eigenvalue weighted by Gasteiger charge is -2.21. The highest BCUT2D eigenvalue weighted by Gasteiger charge is 2.12. The van der Waals surface area contributed by atoms with E-state index < -0.39 is 0 Å². The quantitative estimate of drug-likeness (QED) is 0.506. The minimum absolute atomic E-state index is 0.0217. The van der Waals surface area contributed by atoms with Gasteiger partial charge in [-0.3, -0.25) is 4.99 Å². The van der Waals surface area contributed by atoms with E-state index in [1.165, 1.54) is 11.1 Å². The van der Waals surface area contributed by atoms with Crippen molar-refractivity contribution < 1.29 is 9.47 Å². The largest absolute Gasteiger partial charge is 0.375 e. The molecule has 154 valence electrons. The zero-order valence-corrected chi connectivity index (χ0v) is 18.5. The van der Waals surface area contributed by atoms with Gasteiger partial charge in [-0.1, -0.05) is 24.3 Å². The van der Waals surface area contributed by atoms with Gasteiger partial charge in [0, 0.05) is 33.1 Å². The Kier molecular flexibility index (Phi) is 8.89. The van der Waals surface area contributed by atoms with E-state index in [4.69, 9.17) is 9.47 Å². The molecule has 1 heterocycles. The molecule has 28 heavy (non-hydrogen) atoms. The fourth-order valence-corrected chi connectivity index (χ4v) is 3.50. The number of ether oxygens (including phenoxy) is 2. The molecule has 0 amide bonds. The number of guanidine groups is 1. The Morgan fingerprint density at radius 1 is 1.29 bits per heavy atom.